The van der Waals surface area contributed by atoms with Gasteiger partial charge in [-0.3, -0.25) is 9.59 Å². The van der Waals surface area contributed by atoms with Crippen molar-refractivity contribution in [1.29, 1.82) is 0 Å². The first-order valence-electron chi connectivity index (χ1n) is 10.5. The summed E-state index contributed by atoms with van der Waals surface area (Å²) in [6, 6.07) is 15.8. The molecule has 3 aromatic rings. The fourth-order valence-electron chi connectivity index (χ4n) is 3.54. The summed E-state index contributed by atoms with van der Waals surface area (Å²) in [6.45, 7) is 4.30. The van der Waals surface area contributed by atoms with Gasteiger partial charge in [0, 0.05) is 42.6 Å². The molecule has 1 N–H and O–H groups in total. The van der Waals surface area contributed by atoms with Gasteiger partial charge in [0.25, 0.3) is 11.8 Å². The molecule has 1 unspecified atom stereocenters. The smallest absolute Gasteiger partial charge is 0.289 e. The molecule has 33 heavy (non-hydrogen) atoms. The average Bonchev–Trinajstić information content (AvgIpc) is 3.36. The fraction of sp³-hybridized carbons (Fsp3) is 0.250. The van der Waals surface area contributed by atoms with Crippen LogP contribution in [0.2, 0.25) is 10.0 Å². The molecule has 1 fully saturated rings. The number of anilines is 2. The number of amides is 2. The second-order valence-corrected chi connectivity index (χ2v) is 8.47. The molecule has 1 aliphatic heterocycles. The largest absolute Gasteiger partial charge is 0.479 e. The maximum Gasteiger partial charge on any atom is 0.289 e. The van der Waals surface area contributed by atoms with Crippen LogP contribution in [0.1, 0.15) is 17.5 Å². The highest BCUT2D eigenvalue weighted by atomic mass is 35.5. The SMILES string of the molecule is CC(Oc1ccc(Cl)cc1Cl)C(=O)Nc1ccc(N2CCN(C(=O)c3ccco3)CC2)cc1. The quantitative estimate of drug-likeness (QED) is 0.531. The molecule has 0 saturated carbocycles. The zero-order chi connectivity index (χ0) is 23.4. The van der Waals surface area contributed by atoms with Gasteiger partial charge < -0.3 is 24.3 Å². The lowest BCUT2D eigenvalue weighted by Gasteiger charge is -2.35. The molecule has 0 spiro atoms. The third-order valence-electron chi connectivity index (χ3n) is 5.37. The molecule has 4 rings (SSSR count). The lowest BCUT2D eigenvalue weighted by Crippen LogP contribution is -2.48. The minimum absolute atomic E-state index is 0.0889. The fourth-order valence-corrected chi connectivity index (χ4v) is 3.99. The first kappa shape index (κ1) is 23.0. The van der Waals surface area contributed by atoms with Crippen LogP contribution >= 0.6 is 23.2 Å². The summed E-state index contributed by atoms with van der Waals surface area (Å²) in [6.07, 6.45) is 0.756. The molecule has 9 heteroatoms. The second-order valence-electron chi connectivity index (χ2n) is 7.63. The summed E-state index contributed by atoms with van der Waals surface area (Å²) in [7, 11) is 0. The predicted molar refractivity (Wildman–Crippen MR) is 128 cm³/mol. The van der Waals surface area contributed by atoms with E-state index in [-0.39, 0.29) is 11.8 Å². The molecule has 2 aromatic carbocycles. The van der Waals surface area contributed by atoms with Crippen molar-refractivity contribution in [1.82, 2.24) is 4.90 Å². The summed E-state index contributed by atoms with van der Waals surface area (Å²) in [4.78, 5) is 28.9. The predicted octanol–water partition coefficient (Wildman–Crippen LogP) is 4.95. The topological polar surface area (TPSA) is 75.0 Å². The van der Waals surface area contributed by atoms with Gasteiger partial charge in [-0.1, -0.05) is 23.2 Å². The van der Waals surface area contributed by atoms with Crippen LogP contribution in [-0.2, 0) is 4.79 Å². The van der Waals surface area contributed by atoms with Gasteiger partial charge in [0.05, 0.1) is 11.3 Å². The monoisotopic (exact) mass is 487 g/mol. The summed E-state index contributed by atoms with van der Waals surface area (Å²) in [5, 5.41) is 3.69. The molecule has 2 heterocycles. The molecule has 0 radical (unpaired) electrons. The maximum atomic E-state index is 12.5. The third-order valence-corrected chi connectivity index (χ3v) is 5.90. The van der Waals surface area contributed by atoms with Gasteiger partial charge in [0.15, 0.2) is 11.9 Å². The standard InChI is InChI=1S/C24H23Cl2N3O4/c1-16(33-21-9-4-17(25)15-20(21)26)23(30)27-18-5-7-19(8-6-18)28-10-12-29(13-11-28)24(31)22-3-2-14-32-22/h2-9,14-16H,10-13H2,1H3,(H,27,30). The van der Waals surface area contributed by atoms with Crippen LogP contribution in [0.15, 0.2) is 65.3 Å². The van der Waals surface area contributed by atoms with E-state index in [1.807, 2.05) is 24.3 Å². The number of benzene rings is 2. The molecule has 0 bridgehead atoms. The van der Waals surface area contributed by atoms with E-state index in [0.717, 1.165) is 5.69 Å². The van der Waals surface area contributed by atoms with Crippen molar-refractivity contribution in [2.45, 2.75) is 13.0 Å². The highest BCUT2D eigenvalue weighted by molar-refractivity contribution is 6.35. The summed E-state index contributed by atoms with van der Waals surface area (Å²) in [5.74, 6) is 0.372. The Morgan fingerprint density at radius 3 is 2.39 bits per heavy atom. The van der Waals surface area contributed by atoms with Gasteiger partial charge in [-0.2, -0.15) is 0 Å². The van der Waals surface area contributed by atoms with E-state index in [2.05, 4.69) is 10.2 Å². The van der Waals surface area contributed by atoms with Crippen LogP contribution in [0.5, 0.6) is 5.75 Å². The maximum absolute atomic E-state index is 12.5. The normalized spacial score (nSPS) is 14.6. The summed E-state index contributed by atoms with van der Waals surface area (Å²) >= 11 is 12.0. The number of carbonyl (C=O) groups is 2. The Morgan fingerprint density at radius 1 is 1.03 bits per heavy atom. The van der Waals surface area contributed by atoms with E-state index >= 15 is 0 Å². The number of piperazine rings is 1. The number of rotatable bonds is 6. The number of carbonyl (C=O) groups excluding carboxylic acids is 2. The van der Waals surface area contributed by atoms with Gasteiger partial charge in [0.1, 0.15) is 5.75 Å². The molecule has 0 aliphatic carbocycles. The number of hydrogen-bond acceptors (Lipinski definition) is 5. The Bertz CT molecular complexity index is 1110. The van der Waals surface area contributed by atoms with E-state index in [1.165, 1.54) is 6.26 Å². The Kier molecular flexibility index (Phi) is 7.11. The van der Waals surface area contributed by atoms with E-state index in [0.29, 0.717) is 53.4 Å². The molecule has 2 amide bonds. The van der Waals surface area contributed by atoms with Crippen LogP contribution in [0.3, 0.4) is 0 Å². The van der Waals surface area contributed by atoms with Gasteiger partial charge in [-0.25, -0.2) is 0 Å². The van der Waals surface area contributed by atoms with Crippen LogP contribution < -0.4 is 15.0 Å². The van der Waals surface area contributed by atoms with Crippen LogP contribution in [-0.4, -0.2) is 49.0 Å². The third kappa shape index (κ3) is 5.61. The van der Waals surface area contributed by atoms with Gasteiger partial charge >= 0.3 is 0 Å². The number of ether oxygens (including phenoxy) is 1. The first-order valence-corrected chi connectivity index (χ1v) is 11.3. The van der Waals surface area contributed by atoms with Crippen molar-refractivity contribution in [3.8, 4) is 5.75 Å². The highest BCUT2D eigenvalue weighted by Gasteiger charge is 2.24. The van der Waals surface area contributed by atoms with E-state index in [1.54, 1.807) is 42.2 Å². The number of nitrogens with one attached hydrogen (secondary N) is 1. The molecule has 1 atom stereocenters. The average molecular weight is 488 g/mol. The molecule has 1 saturated heterocycles. The molecule has 1 aliphatic rings. The zero-order valence-electron chi connectivity index (χ0n) is 18.0. The van der Waals surface area contributed by atoms with Crippen LogP contribution in [0, 0.1) is 0 Å². The summed E-state index contributed by atoms with van der Waals surface area (Å²) < 4.78 is 10.9. The van der Waals surface area contributed by atoms with Crippen molar-refractivity contribution in [3.63, 3.8) is 0 Å². The van der Waals surface area contributed by atoms with Crippen molar-refractivity contribution in [3.05, 3.63) is 76.7 Å². The number of hydrogen-bond donors (Lipinski definition) is 1. The van der Waals surface area contributed by atoms with Crippen LogP contribution in [0.25, 0.3) is 0 Å². The van der Waals surface area contributed by atoms with E-state index in [4.69, 9.17) is 32.4 Å². The number of furan rings is 1. The van der Waals surface area contributed by atoms with Crippen molar-refractivity contribution in [2.75, 3.05) is 36.4 Å². The van der Waals surface area contributed by atoms with Crippen molar-refractivity contribution in [2.24, 2.45) is 0 Å². The minimum atomic E-state index is -0.747. The Morgan fingerprint density at radius 2 is 1.76 bits per heavy atom. The van der Waals surface area contributed by atoms with Crippen LogP contribution in [0.4, 0.5) is 11.4 Å². The molecular formula is C24H23Cl2N3O4. The summed E-state index contributed by atoms with van der Waals surface area (Å²) in [5.41, 5.74) is 1.68. The number of halogens is 2. The lowest BCUT2D eigenvalue weighted by molar-refractivity contribution is -0.122. The molecular weight excluding hydrogens is 465 g/mol. The van der Waals surface area contributed by atoms with Crippen molar-refractivity contribution < 1.29 is 18.7 Å². The molecule has 7 nitrogen and oxygen atoms in total. The van der Waals surface area contributed by atoms with E-state index in [9.17, 15) is 9.59 Å². The molecule has 172 valence electrons. The molecule has 1 aromatic heterocycles. The van der Waals surface area contributed by atoms with Gasteiger partial charge in [-0.15, -0.1) is 0 Å². The first-order chi connectivity index (χ1) is 15.9. The highest BCUT2D eigenvalue weighted by Crippen LogP contribution is 2.28. The Balaban J connectivity index is 1.29. The second kappa shape index (κ2) is 10.2. The van der Waals surface area contributed by atoms with E-state index < -0.39 is 6.10 Å². The van der Waals surface area contributed by atoms with Gasteiger partial charge in [0.2, 0.25) is 0 Å². The Hall–Kier alpha value is -3.16. The minimum Gasteiger partial charge on any atom is -0.479 e. The zero-order valence-corrected chi connectivity index (χ0v) is 19.5. The van der Waals surface area contributed by atoms with Crippen molar-refractivity contribution >= 4 is 46.4 Å². The Labute approximate surface area is 201 Å². The number of nitrogens with zero attached hydrogens (tertiary/aromatic N) is 2. The lowest BCUT2D eigenvalue weighted by atomic mass is 10.2. The van der Waals surface area contributed by atoms with Gasteiger partial charge in [-0.05, 0) is 61.5 Å².